The average molecular weight is 228 g/mol. The summed E-state index contributed by atoms with van der Waals surface area (Å²) < 4.78 is 17.4. The number of carbonyl (C=O) groups excluding carboxylic acids is 1. The summed E-state index contributed by atoms with van der Waals surface area (Å²) in [7, 11) is 0. The number of ether oxygens (including phenoxy) is 1. The second-order valence-electron chi connectivity index (χ2n) is 4.25. The minimum atomic E-state index is -1.15. The van der Waals surface area contributed by atoms with Crippen LogP contribution in [-0.4, -0.2) is 17.0 Å². The van der Waals surface area contributed by atoms with Gasteiger partial charge in [0.1, 0.15) is 0 Å². The molecule has 16 heavy (non-hydrogen) atoms. The zero-order valence-corrected chi connectivity index (χ0v) is 9.07. The molecule has 0 heterocycles. The lowest BCUT2D eigenvalue weighted by Crippen LogP contribution is -2.03. The monoisotopic (exact) mass is 228 g/mol. The molecular formula is C11H13FO4. The number of aliphatic carboxylic acids is 1. The van der Waals surface area contributed by atoms with Crippen molar-refractivity contribution in [1.82, 2.24) is 0 Å². The van der Waals surface area contributed by atoms with Gasteiger partial charge in [-0.15, -0.1) is 0 Å². The topological polar surface area (TPSA) is 63.6 Å². The summed E-state index contributed by atoms with van der Waals surface area (Å²) in [4.78, 5) is 21.7. The molecule has 0 radical (unpaired) electrons. The minimum Gasteiger partial charge on any atom is -0.481 e. The quantitative estimate of drug-likeness (QED) is 0.453. The highest BCUT2D eigenvalue weighted by molar-refractivity contribution is 5.87. The normalized spacial score (nSPS) is 27.1. The number of halogens is 1. The Morgan fingerprint density at radius 2 is 2.06 bits per heavy atom. The number of allylic oxidation sites excluding steroid dienone is 1. The smallest absolute Gasteiger partial charge is 0.371 e. The van der Waals surface area contributed by atoms with Crippen molar-refractivity contribution in [3.63, 3.8) is 0 Å². The molecule has 4 nitrogen and oxygen atoms in total. The van der Waals surface area contributed by atoms with Crippen LogP contribution in [0, 0.1) is 17.3 Å². The largest absolute Gasteiger partial charge is 0.481 e. The molecule has 1 aliphatic rings. The lowest BCUT2D eigenvalue weighted by molar-refractivity contribution is -0.139. The molecule has 0 saturated heterocycles. The van der Waals surface area contributed by atoms with Gasteiger partial charge >= 0.3 is 11.9 Å². The molecule has 2 atom stereocenters. The first-order valence-electron chi connectivity index (χ1n) is 4.74. The van der Waals surface area contributed by atoms with Crippen LogP contribution in [0.4, 0.5) is 4.39 Å². The van der Waals surface area contributed by atoms with E-state index in [9.17, 15) is 14.0 Å². The predicted molar refractivity (Wildman–Crippen MR) is 53.9 cm³/mol. The second kappa shape index (κ2) is 4.08. The number of esters is 1. The van der Waals surface area contributed by atoms with Gasteiger partial charge in [0, 0.05) is 0 Å². The summed E-state index contributed by atoms with van der Waals surface area (Å²) in [5, 5.41) is 8.83. The molecule has 0 spiro atoms. The van der Waals surface area contributed by atoms with E-state index in [1.807, 2.05) is 0 Å². The zero-order valence-electron chi connectivity index (χ0n) is 9.07. The van der Waals surface area contributed by atoms with Crippen LogP contribution in [0.2, 0.25) is 0 Å². The van der Waals surface area contributed by atoms with Crippen LogP contribution in [0.5, 0.6) is 0 Å². The van der Waals surface area contributed by atoms with Gasteiger partial charge in [0.15, 0.2) is 0 Å². The fraction of sp³-hybridized carbons (Fsp3) is 0.455. The maximum atomic E-state index is 13.2. The second-order valence-corrected chi connectivity index (χ2v) is 4.25. The number of carbonyl (C=O) groups is 2. The van der Waals surface area contributed by atoms with Crippen molar-refractivity contribution in [2.45, 2.75) is 13.8 Å². The molecule has 1 saturated carbocycles. The van der Waals surface area contributed by atoms with E-state index in [1.165, 1.54) is 0 Å². The van der Waals surface area contributed by atoms with Gasteiger partial charge in [-0.05, 0) is 17.4 Å². The van der Waals surface area contributed by atoms with E-state index in [1.54, 1.807) is 13.8 Å². The van der Waals surface area contributed by atoms with E-state index in [-0.39, 0.29) is 0 Å². The van der Waals surface area contributed by atoms with E-state index in [0.717, 1.165) is 12.3 Å². The molecular weight excluding hydrogens is 215 g/mol. The highest BCUT2D eigenvalue weighted by Crippen LogP contribution is 2.59. The van der Waals surface area contributed by atoms with E-state index >= 15 is 0 Å². The standard InChI is InChI=1S/C11H13FO4/c1-4-16-10(15)7(12)5-6-8(9(13)14)11(6,2)3/h4-6,8H,1H2,2-3H3,(H,13,14)/b7-5-. The number of rotatable bonds is 4. The van der Waals surface area contributed by atoms with Crippen molar-refractivity contribution >= 4 is 11.9 Å². The lowest BCUT2D eigenvalue weighted by atomic mass is 10.1. The third-order valence-electron chi connectivity index (χ3n) is 2.89. The van der Waals surface area contributed by atoms with Crippen molar-refractivity contribution in [1.29, 1.82) is 0 Å². The van der Waals surface area contributed by atoms with Crippen molar-refractivity contribution in [3.8, 4) is 0 Å². The van der Waals surface area contributed by atoms with Gasteiger partial charge < -0.3 is 9.84 Å². The maximum Gasteiger partial charge on any atom is 0.371 e. The Morgan fingerprint density at radius 1 is 1.50 bits per heavy atom. The SMILES string of the molecule is C=COC(=O)/C(F)=C/C1C(C(=O)O)C1(C)C. The third kappa shape index (κ3) is 2.13. The van der Waals surface area contributed by atoms with Gasteiger partial charge in [0.2, 0.25) is 5.83 Å². The van der Waals surface area contributed by atoms with Crippen LogP contribution >= 0.6 is 0 Å². The molecule has 0 aromatic rings. The van der Waals surface area contributed by atoms with E-state index < -0.39 is 35.0 Å². The Kier molecular flexibility index (Phi) is 3.16. The molecule has 0 bridgehead atoms. The Morgan fingerprint density at radius 3 is 2.44 bits per heavy atom. The van der Waals surface area contributed by atoms with Crippen molar-refractivity contribution < 1.29 is 23.8 Å². The Bertz CT molecular complexity index is 370. The average Bonchev–Trinajstić information content (AvgIpc) is 2.68. The van der Waals surface area contributed by atoms with Crippen LogP contribution in [0.15, 0.2) is 24.7 Å². The minimum absolute atomic E-state index is 0.484. The molecule has 1 rings (SSSR count). The van der Waals surface area contributed by atoms with Crippen molar-refractivity contribution in [2.75, 3.05) is 0 Å². The summed E-state index contributed by atoms with van der Waals surface area (Å²) in [6, 6.07) is 0. The number of hydrogen-bond acceptors (Lipinski definition) is 3. The predicted octanol–water partition coefficient (Wildman–Crippen LogP) is 1.88. The molecule has 1 N–H and O–H groups in total. The van der Waals surface area contributed by atoms with Crippen LogP contribution in [0.25, 0.3) is 0 Å². The first-order valence-corrected chi connectivity index (χ1v) is 4.74. The van der Waals surface area contributed by atoms with Crippen LogP contribution < -0.4 is 0 Å². The fourth-order valence-corrected chi connectivity index (χ4v) is 1.82. The maximum absolute atomic E-state index is 13.2. The van der Waals surface area contributed by atoms with Gasteiger partial charge in [-0.3, -0.25) is 4.79 Å². The van der Waals surface area contributed by atoms with E-state index in [0.29, 0.717) is 0 Å². The van der Waals surface area contributed by atoms with Gasteiger partial charge in [-0.1, -0.05) is 20.4 Å². The first-order chi connectivity index (χ1) is 7.32. The molecule has 1 aliphatic carbocycles. The van der Waals surface area contributed by atoms with Gasteiger partial charge in [0.25, 0.3) is 0 Å². The highest BCUT2D eigenvalue weighted by Gasteiger charge is 2.61. The molecule has 0 amide bonds. The first kappa shape index (κ1) is 12.4. The van der Waals surface area contributed by atoms with E-state index in [2.05, 4.69) is 11.3 Å². The summed E-state index contributed by atoms with van der Waals surface area (Å²) in [6.45, 7) is 6.53. The highest BCUT2D eigenvalue weighted by atomic mass is 19.1. The molecule has 0 aliphatic heterocycles. The molecule has 1 fully saturated rings. The van der Waals surface area contributed by atoms with Gasteiger partial charge in [-0.2, -0.15) is 4.39 Å². The Labute approximate surface area is 92.4 Å². The summed E-state index contributed by atoms with van der Waals surface area (Å²) in [5.74, 6) is -4.36. The third-order valence-corrected chi connectivity index (χ3v) is 2.89. The van der Waals surface area contributed by atoms with Gasteiger partial charge in [-0.25, -0.2) is 4.79 Å². The van der Waals surface area contributed by atoms with Crippen LogP contribution in [0.3, 0.4) is 0 Å². The number of carboxylic acids is 1. The molecule has 2 unspecified atom stereocenters. The summed E-state index contributed by atoms with van der Waals surface area (Å²) in [5.41, 5.74) is -0.530. The van der Waals surface area contributed by atoms with Gasteiger partial charge in [0.05, 0.1) is 12.2 Å². The molecule has 0 aromatic carbocycles. The summed E-state index contributed by atoms with van der Waals surface area (Å²) >= 11 is 0. The lowest BCUT2D eigenvalue weighted by Gasteiger charge is -1.97. The fourth-order valence-electron chi connectivity index (χ4n) is 1.82. The molecule has 88 valence electrons. The number of hydrogen-bond donors (Lipinski definition) is 1. The summed E-state index contributed by atoms with van der Waals surface area (Å²) in [6.07, 6.45) is 1.83. The molecule has 0 aromatic heterocycles. The molecule has 5 heteroatoms. The Balaban J connectivity index is 2.75. The van der Waals surface area contributed by atoms with E-state index in [4.69, 9.17) is 5.11 Å². The Hall–Kier alpha value is -1.65. The van der Waals surface area contributed by atoms with Crippen molar-refractivity contribution in [2.24, 2.45) is 17.3 Å². The number of carboxylic acid groups (broad SMARTS) is 1. The van der Waals surface area contributed by atoms with Crippen LogP contribution in [-0.2, 0) is 14.3 Å². The van der Waals surface area contributed by atoms with Crippen molar-refractivity contribution in [3.05, 3.63) is 24.7 Å². The zero-order chi connectivity index (χ0) is 12.5. The van der Waals surface area contributed by atoms with Crippen LogP contribution in [0.1, 0.15) is 13.8 Å².